The first-order chi connectivity index (χ1) is 7.54. The minimum atomic E-state index is -0.956. The molecule has 1 aromatic carbocycles. The summed E-state index contributed by atoms with van der Waals surface area (Å²) in [6.07, 6.45) is 0.0908. The van der Waals surface area contributed by atoms with E-state index in [4.69, 9.17) is 11.0 Å². The van der Waals surface area contributed by atoms with Crippen LogP contribution in [0.2, 0.25) is 0 Å². The second-order valence-corrected chi connectivity index (χ2v) is 3.22. The molecule has 16 heavy (non-hydrogen) atoms. The normalized spacial score (nSPS) is 11.4. The van der Waals surface area contributed by atoms with Crippen molar-refractivity contribution >= 4 is 11.6 Å². The largest absolute Gasteiger partial charge is 0.369 e. The fraction of sp³-hybridized carbons (Fsp3) is 0.200. The minimum Gasteiger partial charge on any atom is -0.369 e. The fourth-order valence-corrected chi connectivity index (χ4v) is 1.24. The van der Waals surface area contributed by atoms with Gasteiger partial charge in [0.05, 0.1) is 11.0 Å². The Morgan fingerprint density at radius 1 is 1.62 bits per heavy atom. The molecule has 0 aromatic heterocycles. The van der Waals surface area contributed by atoms with Crippen LogP contribution in [0.1, 0.15) is 5.56 Å². The lowest BCUT2D eigenvalue weighted by atomic mass is 10.00. The predicted molar refractivity (Wildman–Crippen MR) is 55.1 cm³/mol. The van der Waals surface area contributed by atoms with Gasteiger partial charge in [0.25, 0.3) is 5.69 Å². The van der Waals surface area contributed by atoms with E-state index in [9.17, 15) is 14.9 Å². The summed E-state index contributed by atoms with van der Waals surface area (Å²) < 4.78 is 0. The lowest BCUT2D eigenvalue weighted by molar-refractivity contribution is -0.384. The van der Waals surface area contributed by atoms with Crippen molar-refractivity contribution in [2.45, 2.75) is 6.42 Å². The van der Waals surface area contributed by atoms with Gasteiger partial charge in [-0.3, -0.25) is 14.9 Å². The average molecular weight is 219 g/mol. The molecule has 6 nitrogen and oxygen atoms in total. The quantitative estimate of drug-likeness (QED) is 0.595. The standard InChI is InChI=1S/C10H9N3O3/c11-6-8(10(12)14)4-7-2-1-3-9(5-7)13(15)16/h1-3,5,8H,4H2,(H2,12,14)/t8-/m1/s1. The number of nitrogens with zero attached hydrogens (tertiary/aromatic N) is 2. The maximum absolute atomic E-state index is 10.8. The maximum Gasteiger partial charge on any atom is 0.269 e. The third kappa shape index (κ3) is 2.78. The summed E-state index contributed by atoms with van der Waals surface area (Å²) in [5, 5.41) is 19.1. The lowest BCUT2D eigenvalue weighted by Crippen LogP contribution is -2.23. The van der Waals surface area contributed by atoms with E-state index in [1.165, 1.54) is 18.2 Å². The number of amides is 1. The Morgan fingerprint density at radius 2 is 2.31 bits per heavy atom. The number of nitriles is 1. The number of rotatable bonds is 4. The van der Waals surface area contributed by atoms with Crippen LogP contribution in [0.3, 0.4) is 0 Å². The van der Waals surface area contributed by atoms with Gasteiger partial charge in [0.1, 0.15) is 5.92 Å². The summed E-state index contributed by atoms with van der Waals surface area (Å²) in [7, 11) is 0. The molecule has 1 atom stereocenters. The van der Waals surface area contributed by atoms with Gasteiger partial charge in [-0.25, -0.2) is 0 Å². The number of nitro benzene ring substituents is 1. The van der Waals surface area contributed by atoms with E-state index in [0.717, 1.165) is 0 Å². The van der Waals surface area contributed by atoms with Crippen molar-refractivity contribution in [1.29, 1.82) is 5.26 Å². The number of carbonyl (C=O) groups is 1. The molecule has 0 aliphatic carbocycles. The van der Waals surface area contributed by atoms with Gasteiger partial charge in [0.15, 0.2) is 0 Å². The number of hydrogen-bond donors (Lipinski definition) is 1. The molecule has 0 aliphatic rings. The van der Waals surface area contributed by atoms with Crippen LogP contribution < -0.4 is 5.73 Å². The summed E-state index contributed by atoms with van der Waals surface area (Å²) in [4.78, 5) is 20.8. The molecule has 0 fully saturated rings. The van der Waals surface area contributed by atoms with Crippen LogP contribution in [-0.2, 0) is 11.2 Å². The van der Waals surface area contributed by atoms with Crippen molar-refractivity contribution in [3.05, 3.63) is 39.9 Å². The Bertz CT molecular complexity index is 465. The number of nitrogens with two attached hydrogens (primary N) is 1. The highest BCUT2D eigenvalue weighted by Gasteiger charge is 2.16. The third-order valence-electron chi connectivity index (χ3n) is 2.06. The zero-order valence-corrected chi connectivity index (χ0v) is 8.29. The third-order valence-corrected chi connectivity index (χ3v) is 2.06. The summed E-state index contributed by atoms with van der Waals surface area (Å²) in [5.41, 5.74) is 5.47. The van der Waals surface area contributed by atoms with E-state index in [1.807, 2.05) is 0 Å². The van der Waals surface area contributed by atoms with Crippen LogP contribution in [0.5, 0.6) is 0 Å². The number of benzene rings is 1. The van der Waals surface area contributed by atoms with E-state index in [0.29, 0.717) is 5.56 Å². The Morgan fingerprint density at radius 3 is 2.81 bits per heavy atom. The highest BCUT2D eigenvalue weighted by Crippen LogP contribution is 2.15. The zero-order chi connectivity index (χ0) is 12.1. The monoisotopic (exact) mass is 219 g/mol. The van der Waals surface area contributed by atoms with Gasteiger partial charge in [-0.05, 0) is 12.0 Å². The summed E-state index contributed by atoms with van der Waals surface area (Å²) in [5.74, 6) is -1.68. The molecule has 1 amide bonds. The van der Waals surface area contributed by atoms with E-state index >= 15 is 0 Å². The van der Waals surface area contributed by atoms with Crippen LogP contribution in [0, 0.1) is 27.4 Å². The fourth-order valence-electron chi connectivity index (χ4n) is 1.24. The molecule has 0 aliphatic heterocycles. The van der Waals surface area contributed by atoms with Crippen molar-refractivity contribution < 1.29 is 9.72 Å². The van der Waals surface area contributed by atoms with Gasteiger partial charge in [-0.2, -0.15) is 5.26 Å². The number of hydrogen-bond acceptors (Lipinski definition) is 4. The first-order valence-corrected chi connectivity index (χ1v) is 4.47. The number of nitro groups is 1. The highest BCUT2D eigenvalue weighted by molar-refractivity contribution is 5.79. The Balaban J connectivity index is 2.90. The molecular weight excluding hydrogens is 210 g/mol. The molecular formula is C10H9N3O3. The SMILES string of the molecule is N#C[C@@H](Cc1cccc([N+](=O)[O-])c1)C(N)=O. The molecule has 0 bridgehead atoms. The first-order valence-electron chi connectivity index (χ1n) is 4.47. The Labute approximate surface area is 91.4 Å². The van der Waals surface area contributed by atoms with Gasteiger partial charge in [0, 0.05) is 12.1 Å². The smallest absolute Gasteiger partial charge is 0.269 e. The molecule has 6 heteroatoms. The molecule has 0 heterocycles. The van der Waals surface area contributed by atoms with E-state index in [2.05, 4.69) is 0 Å². The molecule has 2 N–H and O–H groups in total. The van der Waals surface area contributed by atoms with Gasteiger partial charge in [0.2, 0.25) is 5.91 Å². The molecule has 0 unspecified atom stereocenters. The van der Waals surface area contributed by atoms with Crippen LogP contribution in [0.4, 0.5) is 5.69 Å². The minimum absolute atomic E-state index is 0.0707. The van der Waals surface area contributed by atoms with Crippen molar-refractivity contribution in [2.75, 3.05) is 0 Å². The van der Waals surface area contributed by atoms with Crippen LogP contribution in [0.15, 0.2) is 24.3 Å². The molecule has 0 saturated heterocycles. The molecule has 1 aromatic rings. The summed E-state index contributed by atoms with van der Waals surface area (Å²) >= 11 is 0. The Kier molecular flexibility index (Phi) is 3.56. The summed E-state index contributed by atoms with van der Waals surface area (Å²) in [6.45, 7) is 0. The second kappa shape index (κ2) is 4.89. The van der Waals surface area contributed by atoms with Crippen molar-refractivity contribution in [1.82, 2.24) is 0 Å². The number of primary amides is 1. The van der Waals surface area contributed by atoms with Gasteiger partial charge < -0.3 is 5.73 Å². The van der Waals surface area contributed by atoms with Crippen molar-refractivity contribution in [3.8, 4) is 6.07 Å². The van der Waals surface area contributed by atoms with Crippen LogP contribution in [-0.4, -0.2) is 10.8 Å². The molecule has 82 valence electrons. The number of non-ortho nitro benzene ring substituents is 1. The van der Waals surface area contributed by atoms with E-state index < -0.39 is 16.7 Å². The van der Waals surface area contributed by atoms with Crippen molar-refractivity contribution in [2.24, 2.45) is 11.7 Å². The van der Waals surface area contributed by atoms with Gasteiger partial charge in [-0.15, -0.1) is 0 Å². The first kappa shape index (κ1) is 11.7. The zero-order valence-electron chi connectivity index (χ0n) is 8.29. The van der Waals surface area contributed by atoms with E-state index in [1.54, 1.807) is 12.1 Å². The molecule has 0 saturated carbocycles. The van der Waals surface area contributed by atoms with Gasteiger partial charge in [-0.1, -0.05) is 12.1 Å². The van der Waals surface area contributed by atoms with Crippen LogP contribution in [0.25, 0.3) is 0 Å². The average Bonchev–Trinajstić information content (AvgIpc) is 2.25. The van der Waals surface area contributed by atoms with Crippen molar-refractivity contribution in [3.63, 3.8) is 0 Å². The van der Waals surface area contributed by atoms with E-state index in [-0.39, 0.29) is 12.1 Å². The summed E-state index contributed by atoms with van der Waals surface area (Å²) in [6, 6.07) is 7.54. The lowest BCUT2D eigenvalue weighted by Gasteiger charge is -2.04. The Hall–Kier alpha value is -2.42. The topological polar surface area (TPSA) is 110 Å². The maximum atomic E-state index is 10.8. The van der Waals surface area contributed by atoms with Gasteiger partial charge >= 0.3 is 0 Å². The second-order valence-electron chi connectivity index (χ2n) is 3.22. The highest BCUT2D eigenvalue weighted by atomic mass is 16.6. The van der Waals surface area contributed by atoms with Crippen LogP contribution >= 0.6 is 0 Å². The molecule has 1 rings (SSSR count). The molecule has 0 spiro atoms. The predicted octanol–water partition coefficient (Wildman–Crippen LogP) is 0.762. The number of carbonyl (C=O) groups excluding carboxylic acids is 1. The molecule has 0 radical (unpaired) electrons.